The Hall–Kier alpha value is -2.22. The van der Waals surface area contributed by atoms with Crippen LogP contribution in [-0.2, 0) is 12.0 Å². The first kappa shape index (κ1) is 20.1. The Morgan fingerprint density at radius 2 is 1.46 bits per heavy atom. The maximum Gasteiger partial charge on any atom is 0.430 e. The molecule has 26 heavy (non-hydrogen) atoms. The molecule has 0 aliphatic rings. The third-order valence-corrected chi connectivity index (χ3v) is 3.90. The number of aliphatic hydroxyl groups is 1. The third-order valence-electron chi connectivity index (χ3n) is 3.90. The van der Waals surface area contributed by atoms with E-state index in [9.17, 15) is 31.4 Å². The summed E-state index contributed by atoms with van der Waals surface area (Å²) in [6, 6.07) is 11.5. The highest BCUT2D eigenvalue weighted by molar-refractivity contribution is 5.40. The van der Waals surface area contributed by atoms with Gasteiger partial charge < -0.3 is 9.84 Å². The van der Waals surface area contributed by atoms with E-state index in [0.29, 0.717) is 18.6 Å². The lowest BCUT2D eigenvalue weighted by Crippen LogP contribution is -2.53. The van der Waals surface area contributed by atoms with Gasteiger partial charge in [-0.15, -0.1) is 0 Å². The molecule has 0 unspecified atom stereocenters. The van der Waals surface area contributed by atoms with Crippen LogP contribution in [0.2, 0.25) is 0 Å². The van der Waals surface area contributed by atoms with Crippen molar-refractivity contribution in [2.24, 2.45) is 0 Å². The van der Waals surface area contributed by atoms with Crippen molar-refractivity contribution in [2.45, 2.75) is 31.3 Å². The molecule has 0 aliphatic carbocycles. The van der Waals surface area contributed by atoms with E-state index in [1.165, 1.54) is 6.92 Å². The molecule has 0 amide bonds. The van der Waals surface area contributed by atoms with E-state index in [4.69, 9.17) is 4.74 Å². The molecule has 0 radical (unpaired) electrons. The summed E-state index contributed by atoms with van der Waals surface area (Å²) in [7, 11) is 0. The van der Waals surface area contributed by atoms with Crippen LogP contribution in [0.4, 0.5) is 26.3 Å². The summed E-state index contributed by atoms with van der Waals surface area (Å²) in [5.41, 5.74) is -5.20. The minimum Gasteiger partial charge on any atom is -0.493 e. The first-order valence-electron chi connectivity index (χ1n) is 7.60. The fraction of sp³-hybridized carbons (Fsp3) is 0.333. The third kappa shape index (κ3) is 3.95. The van der Waals surface area contributed by atoms with Crippen molar-refractivity contribution in [2.75, 3.05) is 6.61 Å². The molecule has 8 heteroatoms. The molecule has 0 atom stereocenters. The van der Waals surface area contributed by atoms with Gasteiger partial charge in [-0.05, 0) is 30.2 Å². The normalized spacial score (nSPS) is 12.9. The molecule has 2 nitrogen and oxygen atoms in total. The van der Waals surface area contributed by atoms with Gasteiger partial charge in [-0.3, -0.25) is 0 Å². The topological polar surface area (TPSA) is 29.5 Å². The van der Waals surface area contributed by atoms with Gasteiger partial charge in [-0.1, -0.05) is 36.4 Å². The van der Waals surface area contributed by atoms with E-state index < -0.39 is 23.5 Å². The van der Waals surface area contributed by atoms with E-state index in [0.717, 1.165) is 11.6 Å². The molecule has 1 N–H and O–H groups in total. The van der Waals surface area contributed by atoms with Crippen LogP contribution in [0.15, 0.2) is 48.5 Å². The number of aryl methyl sites for hydroxylation is 1. The van der Waals surface area contributed by atoms with Crippen LogP contribution in [0.3, 0.4) is 0 Å². The van der Waals surface area contributed by atoms with Crippen LogP contribution < -0.4 is 4.74 Å². The van der Waals surface area contributed by atoms with E-state index in [2.05, 4.69) is 0 Å². The van der Waals surface area contributed by atoms with Crippen molar-refractivity contribution < 1.29 is 36.2 Å². The van der Waals surface area contributed by atoms with Gasteiger partial charge in [-0.25, -0.2) is 0 Å². The minimum atomic E-state index is -5.91. The Kier molecular flexibility index (Phi) is 5.55. The van der Waals surface area contributed by atoms with E-state index in [-0.39, 0.29) is 17.9 Å². The van der Waals surface area contributed by atoms with Crippen molar-refractivity contribution >= 4 is 0 Å². The monoisotopic (exact) mass is 378 g/mol. The zero-order valence-corrected chi connectivity index (χ0v) is 13.7. The van der Waals surface area contributed by atoms with Crippen molar-refractivity contribution in [1.82, 2.24) is 0 Å². The van der Waals surface area contributed by atoms with E-state index in [1.807, 2.05) is 30.3 Å². The standard InChI is InChI=1S/C18H16F6O2/c1-12-11-14(16(25,17(19,20)21)18(22,23)24)7-8-15(12)26-10-9-13-5-3-2-4-6-13/h2-8,11,25H,9-10H2,1H3. The Morgan fingerprint density at radius 1 is 0.885 bits per heavy atom. The first-order valence-corrected chi connectivity index (χ1v) is 7.60. The highest BCUT2D eigenvalue weighted by Gasteiger charge is 2.71. The lowest BCUT2D eigenvalue weighted by molar-refractivity contribution is -0.376. The largest absolute Gasteiger partial charge is 0.493 e. The number of hydrogen-bond acceptors (Lipinski definition) is 2. The van der Waals surface area contributed by atoms with Crippen LogP contribution in [-0.4, -0.2) is 24.1 Å². The number of benzene rings is 2. The SMILES string of the molecule is Cc1cc(C(O)(C(F)(F)F)C(F)(F)F)ccc1OCCc1ccccc1. The van der Waals surface area contributed by atoms with Crippen LogP contribution in [0.25, 0.3) is 0 Å². The lowest BCUT2D eigenvalue weighted by Gasteiger charge is -2.33. The summed E-state index contributed by atoms with van der Waals surface area (Å²) in [4.78, 5) is 0. The smallest absolute Gasteiger partial charge is 0.430 e. The van der Waals surface area contributed by atoms with Crippen molar-refractivity contribution in [3.8, 4) is 5.75 Å². The van der Waals surface area contributed by atoms with Crippen LogP contribution in [0.5, 0.6) is 5.75 Å². The average molecular weight is 378 g/mol. The van der Waals surface area contributed by atoms with Gasteiger partial charge in [0.15, 0.2) is 0 Å². The fourth-order valence-electron chi connectivity index (χ4n) is 2.45. The van der Waals surface area contributed by atoms with Crippen LogP contribution >= 0.6 is 0 Å². The van der Waals surface area contributed by atoms with Crippen molar-refractivity contribution in [1.29, 1.82) is 0 Å². The molecule has 0 aromatic heterocycles. The zero-order chi connectivity index (χ0) is 19.6. The van der Waals surface area contributed by atoms with Crippen molar-refractivity contribution in [3.63, 3.8) is 0 Å². The van der Waals surface area contributed by atoms with Gasteiger partial charge >= 0.3 is 12.4 Å². The summed E-state index contributed by atoms with van der Waals surface area (Å²) in [5.74, 6) is 0.149. The van der Waals surface area contributed by atoms with Gasteiger partial charge in [0.25, 0.3) is 5.60 Å². The Labute approximate surface area is 146 Å². The minimum absolute atomic E-state index is 0.0579. The predicted molar refractivity (Wildman–Crippen MR) is 82.8 cm³/mol. The Bertz CT molecular complexity index is 724. The maximum absolute atomic E-state index is 12.9. The lowest BCUT2D eigenvalue weighted by atomic mass is 9.91. The Balaban J connectivity index is 2.20. The van der Waals surface area contributed by atoms with E-state index >= 15 is 0 Å². The summed E-state index contributed by atoms with van der Waals surface area (Å²) in [5, 5.41) is 9.40. The molecule has 0 bridgehead atoms. The van der Waals surface area contributed by atoms with Gasteiger partial charge in [-0.2, -0.15) is 26.3 Å². The van der Waals surface area contributed by atoms with Gasteiger partial charge in [0.2, 0.25) is 0 Å². The number of halogens is 6. The summed E-state index contributed by atoms with van der Waals surface area (Å²) in [6.07, 6.45) is -11.3. The summed E-state index contributed by atoms with van der Waals surface area (Å²) < 4.78 is 82.9. The molecule has 2 aromatic rings. The molecule has 2 aromatic carbocycles. The quantitative estimate of drug-likeness (QED) is 0.748. The highest BCUT2D eigenvalue weighted by atomic mass is 19.4. The molecule has 0 saturated carbocycles. The predicted octanol–water partition coefficient (Wildman–Crippen LogP) is 4.93. The molecule has 0 saturated heterocycles. The van der Waals surface area contributed by atoms with Crippen molar-refractivity contribution in [3.05, 3.63) is 65.2 Å². The second-order valence-electron chi connectivity index (χ2n) is 5.77. The molecule has 0 heterocycles. The number of rotatable bonds is 5. The summed E-state index contributed by atoms with van der Waals surface area (Å²) in [6.45, 7) is 1.52. The van der Waals surface area contributed by atoms with Gasteiger partial charge in [0, 0.05) is 12.0 Å². The summed E-state index contributed by atoms with van der Waals surface area (Å²) >= 11 is 0. The van der Waals surface area contributed by atoms with Crippen LogP contribution in [0.1, 0.15) is 16.7 Å². The molecule has 142 valence electrons. The molecular weight excluding hydrogens is 362 g/mol. The molecule has 0 spiro atoms. The molecule has 0 aliphatic heterocycles. The van der Waals surface area contributed by atoms with Gasteiger partial charge in [0.05, 0.1) is 6.61 Å². The maximum atomic E-state index is 12.9. The molecule has 2 rings (SSSR count). The fourth-order valence-corrected chi connectivity index (χ4v) is 2.45. The highest BCUT2D eigenvalue weighted by Crippen LogP contribution is 2.50. The second-order valence-corrected chi connectivity index (χ2v) is 5.77. The zero-order valence-electron chi connectivity index (χ0n) is 13.7. The van der Waals surface area contributed by atoms with Gasteiger partial charge in [0.1, 0.15) is 5.75 Å². The molecular formula is C18H16F6O2. The Morgan fingerprint density at radius 3 is 1.96 bits per heavy atom. The number of alkyl halides is 6. The second kappa shape index (κ2) is 7.19. The number of hydrogen-bond donors (Lipinski definition) is 1. The van der Waals surface area contributed by atoms with E-state index in [1.54, 1.807) is 0 Å². The number of ether oxygens (including phenoxy) is 1. The van der Waals surface area contributed by atoms with Crippen LogP contribution in [0, 0.1) is 6.92 Å². The first-order chi connectivity index (χ1) is 12.0. The molecule has 0 fully saturated rings. The average Bonchev–Trinajstić information content (AvgIpc) is 2.54.